The fourth-order valence-corrected chi connectivity index (χ4v) is 3.25. The summed E-state index contributed by atoms with van der Waals surface area (Å²) in [6, 6.07) is 5.99. The maximum Gasteiger partial charge on any atom is 0.231 e. The topological polar surface area (TPSA) is 71.1 Å². The lowest BCUT2D eigenvalue weighted by Crippen LogP contribution is -2.40. The quantitative estimate of drug-likeness (QED) is 0.889. The second-order valence-electron chi connectivity index (χ2n) is 4.97. The lowest BCUT2D eigenvalue weighted by Gasteiger charge is -2.20. The first-order valence-corrected chi connectivity index (χ1v) is 7.39. The molecule has 2 heterocycles. The molecule has 1 aromatic carbocycles. The maximum atomic E-state index is 12.1. The van der Waals surface area contributed by atoms with E-state index in [1.807, 2.05) is 25.1 Å². The standard InChI is InChI=1S/C14H15N3O2S/c1-8-3-2-4-10-12(8)16-14(20-10)17-13(19)9-5-6-11(18)15-7-9/h2-4,9H,5-7H2,1H3,(H,15,18)(H,16,17,19)/t9-/m1/s1. The van der Waals surface area contributed by atoms with Gasteiger partial charge in [0.1, 0.15) is 0 Å². The number of fused-ring (bicyclic) bond motifs is 1. The number of carbonyl (C=O) groups is 2. The second kappa shape index (κ2) is 5.20. The largest absolute Gasteiger partial charge is 0.355 e. The first-order chi connectivity index (χ1) is 9.63. The molecule has 2 aromatic rings. The van der Waals surface area contributed by atoms with Gasteiger partial charge in [0.05, 0.1) is 16.1 Å². The molecule has 0 bridgehead atoms. The van der Waals surface area contributed by atoms with Gasteiger partial charge >= 0.3 is 0 Å². The van der Waals surface area contributed by atoms with Crippen molar-refractivity contribution in [3.63, 3.8) is 0 Å². The molecule has 0 radical (unpaired) electrons. The number of thiazole rings is 1. The van der Waals surface area contributed by atoms with Crippen LogP contribution in [0.3, 0.4) is 0 Å². The van der Waals surface area contributed by atoms with E-state index in [0.29, 0.717) is 24.5 Å². The molecule has 0 spiro atoms. The average molecular weight is 289 g/mol. The van der Waals surface area contributed by atoms with Crippen molar-refractivity contribution in [3.8, 4) is 0 Å². The van der Waals surface area contributed by atoms with E-state index < -0.39 is 0 Å². The summed E-state index contributed by atoms with van der Waals surface area (Å²) in [6.45, 7) is 2.42. The van der Waals surface area contributed by atoms with Gasteiger partial charge in [0.15, 0.2) is 5.13 Å². The van der Waals surface area contributed by atoms with Crippen LogP contribution in [-0.4, -0.2) is 23.3 Å². The van der Waals surface area contributed by atoms with Crippen LogP contribution in [0.1, 0.15) is 18.4 Å². The number of hydrogen-bond acceptors (Lipinski definition) is 4. The Hall–Kier alpha value is -1.95. The van der Waals surface area contributed by atoms with Crippen LogP contribution in [0, 0.1) is 12.8 Å². The fourth-order valence-electron chi connectivity index (χ4n) is 2.30. The highest BCUT2D eigenvalue weighted by Crippen LogP contribution is 2.28. The summed E-state index contributed by atoms with van der Waals surface area (Å²) in [6.07, 6.45) is 1.01. The molecule has 5 nitrogen and oxygen atoms in total. The zero-order chi connectivity index (χ0) is 14.1. The van der Waals surface area contributed by atoms with Crippen molar-refractivity contribution in [2.24, 2.45) is 5.92 Å². The van der Waals surface area contributed by atoms with Gasteiger partial charge in [-0.15, -0.1) is 0 Å². The summed E-state index contributed by atoms with van der Waals surface area (Å²) < 4.78 is 1.07. The van der Waals surface area contributed by atoms with Crippen LogP contribution in [0.15, 0.2) is 18.2 Å². The number of benzene rings is 1. The van der Waals surface area contributed by atoms with E-state index in [1.54, 1.807) is 0 Å². The molecule has 0 unspecified atom stereocenters. The van der Waals surface area contributed by atoms with Crippen LogP contribution < -0.4 is 10.6 Å². The molecule has 3 rings (SSSR count). The molecule has 2 amide bonds. The highest BCUT2D eigenvalue weighted by atomic mass is 32.1. The Morgan fingerprint density at radius 2 is 2.35 bits per heavy atom. The van der Waals surface area contributed by atoms with Gasteiger partial charge in [-0.25, -0.2) is 4.98 Å². The summed E-state index contributed by atoms with van der Waals surface area (Å²) in [5, 5.41) is 6.20. The van der Waals surface area contributed by atoms with Crippen LogP contribution in [0.4, 0.5) is 5.13 Å². The number of amides is 2. The SMILES string of the molecule is Cc1cccc2sc(NC(=O)[C@@H]3CCC(=O)NC3)nc12. The number of anilines is 1. The van der Waals surface area contributed by atoms with Gasteiger partial charge in [0.25, 0.3) is 0 Å². The lowest BCUT2D eigenvalue weighted by atomic mass is 9.98. The Labute approximate surface area is 120 Å². The van der Waals surface area contributed by atoms with E-state index in [4.69, 9.17) is 0 Å². The highest BCUT2D eigenvalue weighted by molar-refractivity contribution is 7.22. The van der Waals surface area contributed by atoms with Crippen LogP contribution in [0.2, 0.25) is 0 Å². The number of nitrogens with zero attached hydrogens (tertiary/aromatic N) is 1. The summed E-state index contributed by atoms with van der Waals surface area (Å²) in [5.41, 5.74) is 2.04. The molecule has 1 aliphatic heterocycles. The number of hydrogen-bond donors (Lipinski definition) is 2. The molecule has 104 valence electrons. The van der Waals surface area contributed by atoms with Crippen LogP contribution in [-0.2, 0) is 9.59 Å². The van der Waals surface area contributed by atoms with Crippen molar-refractivity contribution < 1.29 is 9.59 Å². The maximum absolute atomic E-state index is 12.1. The van der Waals surface area contributed by atoms with Gasteiger partial charge in [0, 0.05) is 13.0 Å². The van der Waals surface area contributed by atoms with Crippen molar-refractivity contribution >= 4 is 38.5 Å². The van der Waals surface area contributed by atoms with E-state index in [9.17, 15) is 9.59 Å². The molecular weight excluding hydrogens is 274 g/mol. The highest BCUT2D eigenvalue weighted by Gasteiger charge is 2.25. The van der Waals surface area contributed by atoms with Gasteiger partial charge in [0.2, 0.25) is 11.8 Å². The predicted octanol–water partition coefficient (Wildman–Crippen LogP) is 2.07. The van der Waals surface area contributed by atoms with E-state index in [1.165, 1.54) is 11.3 Å². The molecule has 1 saturated heterocycles. The smallest absolute Gasteiger partial charge is 0.231 e. The van der Waals surface area contributed by atoms with Crippen molar-refractivity contribution in [2.45, 2.75) is 19.8 Å². The lowest BCUT2D eigenvalue weighted by molar-refractivity contribution is -0.126. The van der Waals surface area contributed by atoms with Crippen molar-refractivity contribution in [1.29, 1.82) is 0 Å². The third-order valence-electron chi connectivity index (χ3n) is 3.49. The Balaban J connectivity index is 1.74. The van der Waals surface area contributed by atoms with Crippen LogP contribution >= 0.6 is 11.3 Å². The monoisotopic (exact) mass is 289 g/mol. The zero-order valence-electron chi connectivity index (χ0n) is 11.1. The molecule has 1 atom stereocenters. The Morgan fingerprint density at radius 3 is 3.05 bits per heavy atom. The molecule has 20 heavy (non-hydrogen) atoms. The van der Waals surface area contributed by atoms with Gasteiger partial charge in [-0.05, 0) is 25.0 Å². The van der Waals surface area contributed by atoms with Gasteiger partial charge < -0.3 is 10.6 Å². The molecule has 1 fully saturated rings. The van der Waals surface area contributed by atoms with Gasteiger partial charge in [-0.3, -0.25) is 9.59 Å². The third-order valence-corrected chi connectivity index (χ3v) is 4.42. The minimum Gasteiger partial charge on any atom is -0.355 e. The minimum absolute atomic E-state index is 0.0182. The Kier molecular flexibility index (Phi) is 3.40. The summed E-state index contributed by atoms with van der Waals surface area (Å²) in [5.74, 6) is -0.216. The Morgan fingerprint density at radius 1 is 1.50 bits per heavy atom. The summed E-state index contributed by atoms with van der Waals surface area (Å²) in [4.78, 5) is 27.7. The predicted molar refractivity (Wildman–Crippen MR) is 78.7 cm³/mol. The number of aryl methyl sites for hydroxylation is 1. The van der Waals surface area contributed by atoms with Crippen molar-refractivity contribution in [2.75, 3.05) is 11.9 Å². The molecule has 0 saturated carbocycles. The second-order valence-corrected chi connectivity index (χ2v) is 6.00. The third kappa shape index (κ3) is 2.51. The fraction of sp³-hybridized carbons (Fsp3) is 0.357. The van der Waals surface area contributed by atoms with Crippen molar-refractivity contribution in [1.82, 2.24) is 10.3 Å². The average Bonchev–Trinajstić information content (AvgIpc) is 2.83. The Bertz CT molecular complexity index is 670. The summed E-state index contributed by atoms with van der Waals surface area (Å²) in [7, 11) is 0. The molecule has 1 aromatic heterocycles. The minimum atomic E-state index is -0.166. The van der Waals surface area contributed by atoms with E-state index in [-0.39, 0.29) is 17.7 Å². The number of rotatable bonds is 2. The zero-order valence-corrected chi connectivity index (χ0v) is 11.9. The van der Waals surface area contributed by atoms with E-state index in [0.717, 1.165) is 15.8 Å². The first-order valence-electron chi connectivity index (χ1n) is 6.57. The number of carbonyl (C=O) groups excluding carboxylic acids is 2. The number of para-hydroxylation sites is 1. The van der Waals surface area contributed by atoms with Crippen LogP contribution in [0.5, 0.6) is 0 Å². The number of aromatic nitrogens is 1. The molecule has 2 N–H and O–H groups in total. The molecule has 0 aliphatic carbocycles. The number of nitrogens with one attached hydrogen (secondary N) is 2. The van der Waals surface area contributed by atoms with Crippen molar-refractivity contribution in [3.05, 3.63) is 23.8 Å². The van der Waals surface area contributed by atoms with E-state index in [2.05, 4.69) is 15.6 Å². The molecule has 1 aliphatic rings. The molecule has 6 heteroatoms. The normalized spacial score (nSPS) is 18.9. The number of piperidine rings is 1. The van der Waals surface area contributed by atoms with Gasteiger partial charge in [-0.2, -0.15) is 0 Å². The van der Waals surface area contributed by atoms with Crippen LogP contribution in [0.25, 0.3) is 10.2 Å². The van der Waals surface area contributed by atoms with Gasteiger partial charge in [-0.1, -0.05) is 23.5 Å². The molecular formula is C14H15N3O2S. The summed E-state index contributed by atoms with van der Waals surface area (Å²) >= 11 is 1.47. The first kappa shape index (κ1) is 13.1. The van der Waals surface area contributed by atoms with E-state index >= 15 is 0 Å².